The van der Waals surface area contributed by atoms with Crippen LogP contribution in [0.15, 0.2) is 23.1 Å². The molecular weight excluding hydrogens is 293 g/mol. The molecule has 0 aliphatic carbocycles. The maximum Gasteiger partial charge on any atom is 0.178 e. The Morgan fingerprint density at radius 3 is 2.86 bits per heavy atom. The Hall–Kier alpha value is -0.980. The smallest absolute Gasteiger partial charge is 0.178 e. The number of nitrogens with one attached hydrogen (secondary N) is 1. The number of fused-ring (bicyclic) bond motifs is 1. The van der Waals surface area contributed by atoms with Gasteiger partial charge in [0.25, 0.3) is 0 Å². The van der Waals surface area contributed by atoms with Crippen LogP contribution in [0, 0.1) is 5.82 Å². The van der Waals surface area contributed by atoms with E-state index in [1.807, 2.05) is 6.92 Å². The van der Waals surface area contributed by atoms with Gasteiger partial charge in [-0.1, -0.05) is 13.3 Å². The minimum absolute atomic E-state index is 0.0409. The summed E-state index contributed by atoms with van der Waals surface area (Å²) in [5, 5.41) is 13.4. The van der Waals surface area contributed by atoms with Gasteiger partial charge in [-0.3, -0.25) is 0 Å². The summed E-state index contributed by atoms with van der Waals surface area (Å²) in [6.07, 6.45) is 1.90. The monoisotopic (exact) mass is 315 g/mol. The van der Waals surface area contributed by atoms with E-state index in [1.165, 1.54) is 18.2 Å². The van der Waals surface area contributed by atoms with Gasteiger partial charge in [-0.2, -0.15) is 0 Å². The molecule has 0 spiro atoms. The maximum absolute atomic E-state index is 13.4. The van der Waals surface area contributed by atoms with Gasteiger partial charge in [0.1, 0.15) is 5.82 Å². The molecule has 2 N–H and O–H groups in total. The molecule has 0 saturated carbocycles. The van der Waals surface area contributed by atoms with Gasteiger partial charge in [0.15, 0.2) is 9.84 Å². The fraction of sp³-hybridized carbons (Fsp3) is 0.600. The van der Waals surface area contributed by atoms with Gasteiger partial charge < -0.3 is 10.4 Å². The predicted molar refractivity (Wildman–Crippen MR) is 79.3 cm³/mol. The molecule has 2 unspecified atom stereocenters. The zero-order valence-corrected chi connectivity index (χ0v) is 13.2. The first-order valence-electron chi connectivity index (χ1n) is 7.23. The first kappa shape index (κ1) is 16.4. The third-order valence-corrected chi connectivity index (χ3v) is 5.69. The van der Waals surface area contributed by atoms with Gasteiger partial charge in [0.2, 0.25) is 0 Å². The Labute approximate surface area is 125 Å². The zero-order valence-electron chi connectivity index (χ0n) is 12.4. The van der Waals surface area contributed by atoms with E-state index in [9.17, 15) is 17.9 Å². The molecule has 0 amide bonds. The zero-order chi connectivity index (χ0) is 15.7. The molecule has 1 aliphatic rings. The summed E-state index contributed by atoms with van der Waals surface area (Å²) < 4.78 is 37.5. The molecular formula is C15H22FNO3S. The van der Waals surface area contributed by atoms with Crippen molar-refractivity contribution in [3.05, 3.63) is 29.6 Å². The van der Waals surface area contributed by atoms with Crippen molar-refractivity contribution in [3.8, 4) is 0 Å². The molecule has 1 aliphatic heterocycles. The standard InChI is InChI=1S/C15H22FNO3S/c1-3-7-15(2,18)10-17-13-6-8-21(19,20)14-5-4-11(16)9-12(13)14/h4-5,9,13,17-18H,3,6-8,10H2,1-2H3. The van der Waals surface area contributed by atoms with E-state index in [1.54, 1.807) is 6.92 Å². The second kappa shape index (κ2) is 6.02. The Kier molecular flexibility index (Phi) is 4.70. The van der Waals surface area contributed by atoms with E-state index in [4.69, 9.17) is 0 Å². The van der Waals surface area contributed by atoms with Gasteiger partial charge in [-0.15, -0.1) is 0 Å². The van der Waals surface area contributed by atoms with Crippen LogP contribution in [-0.2, 0) is 9.84 Å². The number of hydrogen-bond acceptors (Lipinski definition) is 4. The van der Waals surface area contributed by atoms with Crippen molar-refractivity contribution >= 4 is 9.84 Å². The van der Waals surface area contributed by atoms with Gasteiger partial charge in [-0.25, -0.2) is 12.8 Å². The van der Waals surface area contributed by atoms with Gasteiger partial charge in [0.05, 0.1) is 16.2 Å². The van der Waals surface area contributed by atoms with Crippen LogP contribution in [0.4, 0.5) is 4.39 Å². The predicted octanol–water partition coefficient (Wildman–Crippen LogP) is 2.18. The first-order chi connectivity index (χ1) is 9.75. The SMILES string of the molecule is CCCC(C)(O)CNC1CCS(=O)(=O)c2ccc(F)cc21. The van der Waals surface area contributed by atoms with Crippen molar-refractivity contribution in [3.63, 3.8) is 0 Å². The number of hydrogen-bond donors (Lipinski definition) is 2. The number of halogens is 1. The molecule has 0 saturated heterocycles. The highest BCUT2D eigenvalue weighted by atomic mass is 32.2. The summed E-state index contributed by atoms with van der Waals surface area (Å²) in [4.78, 5) is 0.197. The van der Waals surface area contributed by atoms with E-state index in [2.05, 4.69) is 5.32 Å². The molecule has 21 heavy (non-hydrogen) atoms. The van der Waals surface area contributed by atoms with E-state index < -0.39 is 21.3 Å². The average Bonchev–Trinajstić information content (AvgIpc) is 2.37. The maximum atomic E-state index is 13.4. The third kappa shape index (κ3) is 3.81. The number of rotatable bonds is 5. The summed E-state index contributed by atoms with van der Waals surface area (Å²) >= 11 is 0. The molecule has 2 rings (SSSR count). The Bertz CT molecular complexity index is 613. The van der Waals surface area contributed by atoms with E-state index >= 15 is 0 Å². The van der Waals surface area contributed by atoms with Crippen LogP contribution in [0.3, 0.4) is 0 Å². The topological polar surface area (TPSA) is 66.4 Å². The van der Waals surface area contributed by atoms with E-state index in [0.29, 0.717) is 24.9 Å². The molecule has 0 fully saturated rings. The fourth-order valence-electron chi connectivity index (χ4n) is 2.80. The van der Waals surface area contributed by atoms with E-state index in [-0.39, 0.29) is 16.7 Å². The minimum atomic E-state index is -3.32. The largest absolute Gasteiger partial charge is 0.389 e. The van der Waals surface area contributed by atoms with Crippen LogP contribution >= 0.6 is 0 Å². The van der Waals surface area contributed by atoms with Crippen molar-refractivity contribution in [1.29, 1.82) is 0 Å². The van der Waals surface area contributed by atoms with Crippen molar-refractivity contribution in [1.82, 2.24) is 5.32 Å². The number of aliphatic hydroxyl groups is 1. The van der Waals surface area contributed by atoms with E-state index in [0.717, 1.165) is 6.42 Å². The van der Waals surface area contributed by atoms with Crippen LogP contribution in [0.1, 0.15) is 44.7 Å². The summed E-state index contributed by atoms with van der Waals surface area (Å²) in [5.41, 5.74) is -0.382. The summed E-state index contributed by atoms with van der Waals surface area (Å²) in [7, 11) is -3.32. The normalized spacial score (nSPS) is 23.3. The van der Waals surface area contributed by atoms with Crippen molar-refractivity contribution in [2.75, 3.05) is 12.3 Å². The Morgan fingerprint density at radius 2 is 2.19 bits per heavy atom. The Balaban J connectivity index is 2.22. The summed E-state index contributed by atoms with van der Waals surface area (Å²) in [6, 6.07) is 3.53. The van der Waals surface area contributed by atoms with Gasteiger partial charge in [0, 0.05) is 12.6 Å². The molecule has 2 atom stereocenters. The number of sulfone groups is 1. The molecule has 6 heteroatoms. The van der Waals surface area contributed by atoms with Crippen molar-refractivity contribution < 1.29 is 17.9 Å². The highest BCUT2D eigenvalue weighted by molar-refractivity contribution is 7.91. The third-order valence-electron chi connectivity index (χ3n) is 3.88. The molecule has 1 aromatic carbocycles. The van der Waals surface area contributed by atoms with Crippen LogP contribution in [0.5, 0.6) is 0 Å². The molecule has 1 aromatic rings. The lowest BCUT2D eigenvalue weighted by atomic mass is 9.98. The molecule has 0 radical (unpaired) electrons. The van der Waals surface area contributed by atoms with Gasteiger partial charge >= 0.3 is 0 Å². The van der Waals surface area contributed by atoms with Crippen LogP contribution < -0.4 is 5.32 Å². The van der Waals surface area contributed by atoms with Crippen molar-refractivity contribution in [2.24, 2.45) is 0 Å². The second-order valence-electron chi connectivity index (χ2n) is 5.97. The highest BCUT2D eigenvalue weighted by Gasteiger charge is 2.31. The molecule has 0 aromatic heterocycles. The average molecular weight is 315 g/mol. The van der Waals surface area contributed by atoms with Crippen LogP contribution in [0.2, 0.25) is 0 Å². The highest BCUT2D eigenvalue weighted by Crippen LogP contribution is 2.33. The fourth-order valence-corrected chi connectivity index (χ4v) is 4.40. The van der Waals surface area contributed by atoms with Crippen LogP contribution in [-0.4, -0.2) is 31.4 Å². The summed E-state index contributed by atoms with van der Waals surface area (Å²) in [5.74, 6) is -0.405. The molecule has 4 nitrogen and oxygen atoms in total. The van der Waals surface area contributed by atoms with Crippen LogP contribution in [0.25, 0.3) is 0 Å². The Morgan fingerprint density at radius 1 is 1.48 bits per heavy atom. The lowest BCUT2D eigenvalue weighted by Gasteiger charge is -2.30. The minimum Gasteiger partial charge on any atom is -0.389 e. The lowest BCUT2D eigenvalue weighted by molar-refractivity contribution is 0.0468. The molecule has 118 valence electrons. The quantitative estimate of drug-likeness (QED) is 0.818. The van der Waals surface area contributed by atoms with Crippen molar-refractivity contribution in [2.45, 2.75) is 49.6 Å². The van der Waals surface area contributed by atoms with Gasteiger partial charge in [-0.05, 0) is 43.5 Å². The summed E-state index contributed by atoms with van der Waals surface area (Å²) in [6.45, 7) is 4.09. The lowest BCUT2D eigenvalue weighted by Crippen LogP contribution is -2.41. The number of benzene rings is 1. The first-order valence-corrected chi connectivity index (χ1v) is 8.88. The molecule has 0 bridgehead atoms. The molecule has 1 heterocycles. The second-order valence-corrected chi connectivity index (χ2v) is 8.05.